The molecule has 0 atom stereocenters. The van der Waals surface area contributed by atoms with Gasteiger partial charge >= 0.3 is 0 Å². The summed E-state index contributed by atoms with van der Waals surface area (Å²) >= 11 is 1.82. The predicted molar refractivity (Wildman–Crippen MR) is 52.3 cm³/mol. The van der Waals surface area contributed by atoms with Crippen molar-refractivity contribution in [3.8, 4) is 0 Å². The Bertz CT molecular complexity index is 241. The van der Waals surface area contributed by atoms with Crippen LogP contribution in [0.4, 0.5) is 0 Å². The average molecular weight is 166 g/mol. The van der Waals surface area contributed by atoms with Gasteiger partial charge in [0.25, 0.3) is 0 Å². The van der Waals surface area contributed by atoms with Crippen LogP contribution in [-0.2, 0) is 6.42 Å². The van der Waals surface area contributed by atoms with Crippen LogP contribution in [0.5, 0.6) is 0 Å². The Hall–Kier alpha value is -0.430. The van der Waals surface area contributed by atoms with Crippen molar-refractivity contribution < 1.29 is 0 Å². The molecule has 0 aromatic heterocycles. The van der Waals surface area contributed by atoms with Gasteiger partial charge in [-0.05, 0) is 36.8 Å². The van der Waals surface area contributed by atoms with E-state index in [-0.39, 0.29) is 0 Å². The van der Waals surface area contributed by atoms with Crippen LogP contribution in [-0.4, -0.2) is 6.26 Å². The Morgan fingerprint density at radius 1 is 1.36 bits per heavy atom. The van der Waals surface area contributed by atoms with Gasteiger partial charge in [0.15, 0.2) is 0 Å². The molecule has 0 amide bonds. The fraction of sp³-hybridized carbons (Fsp3) is 0.400. The standard InChI is InChI=1S/C10H14S/c1-4-9-6-5-8(2)10(7-9)11-3/h5-7H,4H2,1-3H3. The Morgan fingerprint density at radius 2 is 2.09 bits per heavy atom. The van der Waals surface area contributed by atoms with Gasteiger partial charge in [0.05, 0.1) is 0 Å². The number of thioether (sulfide) groups is 1. The lowest BCUT2D eigenvalue weighted by atomic mass is 10.1. The number of aryl methyl sites for hydroxylation is 2. The summed E-state index contributed by atoms with van der Waals surface area (Å²) in [6, 6.07) is 6.68. The molecule has 0 unspecified atom stereocenters. The quantitative estimate of drug-likeness (QED) is 0.608. The summed E-state index contributed by atoms with van der Waals surface area (Å²) in [6.07, 6.45) is 3.26. The number of benzene rings is 1. The topological polar surface area (TPSA) is 0 Å². The molecule has 0 bridgehead atoms. The summed E-state index contributed by atoms with van der Waals surface area (Å²) in [5.41, 5.74) is 2.81. The number of hydrogen-bond acceptors (Lipinski definition) is 1. The first-order valence-electron chi connectivity index (χ1n) is 3.91. The fourth-order valence-electron chi connectivity index (χ4n) is 1.08. The van der Waals surface area contributed by atoms with Crippen LogP contribution in [0.25, 0.3) is 0 Å². The zero-order valence-corrected chi connectivity index (χ0v) is 8.16. The van der Waals surface area contributed by atoms with Gasteiger partial charge in [0, 0.05) is 4.90 Å². The molecule has 60 valence electrons. The molecule has 0 aliphatic carbocycles. The molecule has 1 rings (SSSR count). The first-order valence-corrected chi connectivity index (χ1v) is 5.14. The monoisotopic (exact) mass is 166 g/mol. The maximum Gasteiger partial charge on any atom is 0.0101 e. The van der Waals surface area contributed by atoms with Crippen molar-refractivity contribution >= 4 is 11.8 Å². The minimum Gasteiger partial charge on any atom is -0.129 e. The van der Waals surface area contributed by atoms with Crippen molar-refractivity contribution in [3.05, 3.63) is 29.3 Å². The summed E-state index contributed by atoms with van der Waals surface area (Å²) in [6.45, 7) is 4.35. The van der Waals surface area contributed by atoms with E-state index >= 15 is 0 Å². The second kappa shape index (κ2) is 3.82. The number of hydrogen-bond donors (Lipinski definition) is 0. The third-order valence-corrected chi connectivity index (χ3v) is 2.76. The fourth-order valence-corrected chi connectivity index (χ4v) is 1.74. The van der Waals surface area contributed by atoms with Crippen LogP contribution in [0.3, 0.4) is 0 Å². The van der Waals surface area contributed by atoms with Gasteiger partial charge in [-0.2, -0.15) is 0 Å². The van der Waals surface area contributed by atoms with Crippen molar-refractivity contribution in [2.45, 2.75) is 25.2 Å². The summed E-state index contributed by atoms with van der Waals surface area (Å²) in [5, 5.41) is 0. The zero-order chi connectivity index (χ0) is 8.27. The van der Waals surface area contributed by atoms with Crippen LogP contribution in [0.2, 0.25) is 0 Å². The molecule has 0 aliphatic heterocycles. The van der Waals surface area contributed by atoms with Gasteiger partial charge in [-0.3, -0.25) is 0 Å². The molecule has 1 aromatic carbocycles. The maximum atomic E-state index is 2.28. The summed E-state index contributed by atoms with van der Waals surface area (Å²) in [5.74, 6) is 0. The van der Waals surface area contributed by atoms with Crippen LogP contribution >= 0.6 is 11.8 Å². The highest BCUT2D eigenvalue weighted by Crippen LogP contribution is 2.20. The lowest BCUT2D eigenvalue weighted by Gasteiger charge is -2.03. The van der Waals surface area contributed by atoms with E-state index in [1.165, 1.54) is 16.0 Å². The first-order chi connectivity index (χ1) is 5.27. The molecule has 0 spiro atoms. The third-order valence-electron chi connectivity index (χ3n) is 1.88. The summed E-state index contributed by atoms with van der Waals surface area (Å²) in [4.78, 5) is 1.41. The van der Waals surface area contributed by atoms with Gasteiger partial charge in [-0.25, -0.2) is 0 Å². The van der Waals surface area contributed by atoms with E-state index in [9.17, 15) is 0 Å². The largest absolute Gasteiger partial charge is 0.129 e. The number of rotatable bonds is 2. The molecule has 0 N–H and O–H groups in total. The van der Waals surface area contributed by atoms with Crippen molar-refractivity contribution in [1.82, 2.24) is 0 Å². The highest BCUT2D eigenvalue weighted by Gasteiger charge is 1.96. The molecule has 0 fully saturated rings. The van der Waals surface area contributed by atoms with E-state index in [2.05, 4.69) is 38.3 Å². The summed E-state index contributed by atoms with van der Waals surface area (Å²) in [7, 11) is 0. The maximum absolute atomic E-state index is 2.28. The van der Waals surface area contributed by atoms with E-state index in [0.717, 1.165) is 6.42 Å². The molecule has 0 radical (unpaired) electrons. The third kappa shape index (κ3) is 2.00. The molecular formula is C10H14S. The van der Waals surface area contributed by atoms with E-state index in [4.69, 9.17) is 0 Å². The molecule has 0 aliphatic rings. The van der Waals surface area contributed by atoms with Crippen LogP contribution in [0.1, 0.15) is 18.1 Å². The molecule has 11 heavy (non-hydrogen) atoms. The Labute approximate surface area is 73.0 Å². The van der Waals surface area contributed by atoms with Gasteiger partial charge in [-0.15, -0.1) is 11.8 Å². The molecule has 0 nitrogen and oxygen atoms in total. The van der Waals surface area contributed by atoms with Crippen LogP contribution < -0.4 is 0 Å². The lowest BCUT2D eigenvalue weighted by molar-refractivity contribution is 1.11. The second-order valence-corrected chi connectivity index (χ2v) is 3.51. The molecule has 0 heterocycles. The smallest absolute Gasteiger partial charge is 0.0101 e. The highest BCUT2D eigenvalue weighted by atomic mass is 32.2. The van der Waals surface area contributed by atoms with Crippen LogP contribution in [0, 0.1) is 6.92 Å². The summed E-state index contributed by atoms with van der Waals surface area (Å²) < 4.78 is 0. The molecule has 1 aromatic rings. The molecular weight excluding hydrogens is 152 g/mol. The Balaban J connectivity index is 3.02. The first kappa shape index (κ1) is 8.66. The van der Waals surface area contributed by atoms with Gasteiger partial charge < -0.3 is 0 Å². The Morgan fingerprint density at radius 3 is 2.64 bits per heavy atom. The zero-order valence-electron chi connectivity index (χ0n) is 7.35. The van der Waals surface area contributed by atoms with Crippen molar-refractivity contribution in [2.75, 3.05) is 6.26 Å². The molecule has 1 heteroatoms. The van der Waals surface area contributed by atoms with Crippen molar-refractivity contribution in [3.63, 3.8) is 0 Å². The van der Waals surface area contributed by atoms with Crippen molar-refractivity contribution in [2.24, 2.45) is 0 Å². The predicted octanol–water partition coefficient (Wildman–Crippen LogP) is 3.28. The van der Waals surface area contributed by atoms with E-state index in [1.54, 1.807) is 0 Å². The molecule has 0 saturated carbocycles. The lowest BCUT2D eigenvalue weighted by Crippen LogP contribution is -1.83. The SMILES string of the molecule is CCc1ccc(C)c(SC)c1. The minimum absolute atomic E-state index is 1.13. The normalized spacial score (nSPS) is 10.1. The van der Waals surface area contributed by atoms with Crippen LogP contribution in [0.15, 0.2) is 23.1 Å². The second-order valence-electron chi connectivity index (χ2n) is 2.66. The van der Waals surface area contributed by atoms with Crippen molar-refractivity contribution in [1.29, 1.82) is 0 Å². The van der Waals surface area contributed by atoms with E-state index < -0.39 is 0 Å². The van der Waals surface area contributed by atoms with Gasteiger partial charge in [0.2, 0.25) is 0 Å². The minimum atomic E-state index is 1.13. The molecule has 0 saturated heterocycles. The van der Waals surface area contributed by atoms with E-state index in [0.29, 0.717) is 0 Å². The van der Waals surface area contributed by atoms with E-state index in [1.807, 2.05) is 11.8 Å². The average Bonchev–Trinajstić information content (AvgIpc) is 2.05. The van der Waals surface area contributed by atoms with Gasteiger partial charge in [-0.1, -0.05) is 19.1 Å². The Kier molecular flexibility index (Phi) is 3.01. The highest BCUT2D eigenvalue weighted by molar-refractivity contribution is 7.98. The van der Waals surface area contributed by atoms with Gasteiger partial charge in [0.1, 0.15) is 0 Å².